The third-order valence-electron chi connectivity index (χ3n) is 3.53. The third-order valence-corrected chi connectivity index (χ3v) is 3.53. The van der Waals surface area contributed by atoms with Gasteiger partial charge in [-0.3, -0.25) is 4.98 Å². The van der Waals surface area contributed by atoms with Crippen LogP contribution in [0, 0.1) is 0 Å². The Balaban J connectivity index is 1.91. The van der Waals surface area contributed by atoms with Crippen LogP contribution in [0.3, 0.4) is 0 Å². The maximum Gasteiger partial charge on any atom is 0.0960 e. The molecule has 3 nitrogen and oxygen atoms in total. The van der Waals surface area contributed by atoms with Crippen LogP contribution in [0.1, 0.15) is 31.2 Å². The number of hydrogen-bond acceptors (Lipinski definition) is 3. The number of ether oxygens (including phenoxy) is 1. The van der Waals surface area contributed by atoms with Gasteiger partial charge in [0.25, 0.3) is 0 Å². The van der Waals surface area contributed by atoms with Crippen molar-refractivity contribution >= 4 is 0 Å². The summed E-state index contributed by atoms with van der Waals surface area (Å²) < 4.78 is 5.73. The van der Waals surface area contributed by atoms with Gasteiger partial charge >= 0.3 is 0 Å². The monoisotopic (exact) mass is 205 g/mol. The number of rotatable bonds is 1. The van der Waals surface area contributed by atoms with Gasteiger partial charge in [-0.25, -0.2) is 0 Å². The van der Waals surface area contributed by atoms with Gasteiger partial charge in [0.2, 0.25) is 0 Å². The zero-order valence-corrected chi connectivity index (χ0v) is 8.60. The molecule has 0 aromatic carbocycles. The molecule has 1 aromatic rings. The molecule has 2 fully saturated rings. The van der Waals surface area contributed by atoms with Gasteiger partial charge in [0.05, 0.1) is 17.8 Å². The molecule has 80 valence electrons. The first-order chi connectivity index (χ1) is 7.26. The molecule has 1 aromatic heterocycles. The Bertz CT molecular complexity index is 340. The second-order valence-corrected chi connectivity index (χ2v) is 4.64. The summed E-state index contributed by atoms with van der Waals surface area (Å²) >= 11 is 0. The minimum atomic E-state index is -0.710. The molecule has 2 unspecified atom stereocenters. The van der Waals surface area contributed by atoms with Crippen molar-refractivity contribution in [2.45, 2.75) is 43.5 Å². The van der Waals surface area contributed by atoms with Gasteiger partial charge in [-0.1, -0.05) is 6.07 Å². The van der Waals surface area contributed by atoms with Gasteiger partial charge in [-0.15, -0.1) is 0 Å². The fourth-order valence-corrected chi connectivity index (χ4v) is 2.79. The average molecular weight is 205 g/mol. The summed E-state index contributed by atoms with van der Waals surface area (Å²) in [6.07, 6.45) is 7.61. The predicted molar refractivity (Wildman–Crippen MR) is 55.3 cm³/mol. The Morgan fingerprint density at radius 3 is 2.67 bits per heavy atom. The van der Waals surface area contributed by atoms with E-state index in [0.29, 0.717) is 0 Å². The summed E-state index contributed by atoms with van der Waals surface area (Å²) in [5.41, 5.74) is 0.225. The molecule has 0 radical (unpaired) electrons. The van der Waals surface area contributed by atoms with E-state index in [1.807, 2.05) is 12.1 Å². The molecular formula is C12H15NO2. The molecule has 2 atom stereocenters. The highest BCUT2D eigenvalue weighted by Crippen LogP contribution is 2.43. The summed E-state index contributed by atoms with van der Waals surface area (Å²) in [7, 11) is 0. The molecule has 0 aliphatic carbocycles. The standard InChI is InChI=1S/C12H15NO2/c14-12(9-2-1-5-13-8-9)6-10-3-4-11(7-12)15-10/h1-2,5,8,10-11,14H,3-4,6-7H2. The molecule has 2 bridgehead atoms. The topological polar surface area (TPSA) is 42.4 Å². The number of aliphatic hydroxyl groups is 1. The van der Waals surface area contributed by atoms with Crippen molar-refractivity contribution in [3.63, 3.8) is 0 Å². The van der Waals surface area contributed by atoms with E-state index in [0.717, 1.165) is 31.2 Å². The molecule has 3 heteroatoms. The lowest BCUT2D eigenvalue weighted by atomic mass is 9.84. The lowest BCUT2D eigenvalue weighted by Crippen LogP contribution is -2.38. The highest BCUT2D eigenvalue weighted by Gasteiger charge is 2.44. The number of nitrogens with zero attached hydrogens (tertiary/aromatic N) is 1. The molecule has 2 aliphatic rings. The molecule has 0 amide bonds. The van der Waals surface area contributed by atoms with Crippen LogP contribution in [0.5, 0.6) is 0 Å². The van der Waals surface area contributed by atoms with E-state index in [4.69, 9.17) is 4.74 Å². The van der Waals surface area contributed by atoms with Crippen LogP contribution in [0.2, 0.25) is 0 Å². The van der Waals surface area contributed by atoms with Crippen molar-refractivity contribution < 1.29 is 9.84 Å². The molecule has 3 rings (SSSR count). The Hall–Kier alpha value is -0.930. The fourth-order valence-electron chi connectivity index (χ4n) is 2.79. The van der Waals surface area contributed by atoms with Gasteiger partial charge in [0, 0.05) is 30.8 Å². The smallest absolute Gasteiger partial charge is 0.0960 e. The second kappa shape index (κ2) is 3.29. The summed E-state index contributed by atoms with van der Waals surface area (Å²) in [5.74, 6) is 0. The van der Waals surface area contributed by atoms with Gasteiger partial charge in [-0.05, 0) is 18.9 Å². The molecule has 3 heterocycles. The Labute approximate surface area is 89.1 Å². The first kappa shape index (κ1) is 9.31. The van der Waals surface area contributed by atoms with Crippen molar-refractivity contribution in [3.8, 4) is 0 Å². The van der Waals surface area contributed by atoms with Gasteiger partial charge in [0.1, 0.15) is 0 Å². The van der Waals surface area contributed by atoms with Crippen molar-refractivity contribution in [2.24, 2.45) is 0 Å². The summed E-state index contributed by atoms with van der Waals surface area (Å²) in [5, 5.41) is 10.6. The third kappa shape index (κ3) is 1.56. The largest absolute Gasteiger partial charge is 0.385 e. The van der Waals surface area contributed by atoms with Crippen LogP contribution in [-0.4, -0.2) is 22.3 Å². The highest BCUT2D eigenvalue weighted by molar-refractivity contribution is 5.20. The molecule has 0 saturated carbocycles. The number of aromatic nitrogens is 1. The van der Waals surface area contributed by atoms with E-state index in [9.17, 15) is 5.11 Å². The van der Waals surface area contributed by atoms with Crippen LogP contribution < -0.4 is 0 Å². The SMILES string of the molecule is OC1(c2cccnc2)CC2CCC(C1)O2. The summed E-state index contributed by atoms with van der Waals surface area (Å²) in [4.78, 5) is 4.07. The lowest BCUT2D eigenvalue weighted by molar-refractivity contribution is -0.115. The van der Waals surface area contributed by atoms with E-state index in [1.165, 1.54) is 0 Å². The molecule has 2 aliphatic heterocycles. The van der Waals surface area contributed by atoms with Crippen molar-refractivity contribution in [3.05, 3.63) is 30.1 Å². The van der Waals surface area contributed by atoms with Crippen LogP contribution in [0.4, 0.5) is 0 Å². The zero-order chi connectivity index (χ0) is 10.3. The maximum atomic E-state index is 10.6. The number of fused-ring (bicyclic) bond motifs is 2. The minimum Gasteiger partial charge on any atom is -0.385 e. The quantitative estimate of drug-likeness (QED) is 0.757. The van der Waals surface area contributed by atoms with Crippen molar-refractivity contribution in [2.75, 3.05) is 0 Å². The number of pyridine rings is 1. The first-order valence-electron chi connectivity index (χ1n) is 5.55. The molecular weight excluding hydrogens is 190 g/mol. The normalized spacial score (nSPS) is 39.3. The molecule has 15 heavy (non-hydrogen) atoms. The van der Waals surface area contributed by atoms with Gasteiger partial charge < -0.3 is 9.84 Å². The van der Waals surface area contributed by atoms with Crippen molar-refractivity contribution in [1.29, 1.82) is 0 Å². The Morgan fingerprint density at radius 2 is 2.07 bits per heavy atom. The highest BCUT2D eigenvalue weighted by atomic mass is 16.5. The maximum absolute atomic E-state index is 10.6. The van der Waals surface area contributed by atoms with E-state index in [-0.39, 0.29) is 12.2 Å². The van der Waals surface area contributed by atoms with Crippen molar-refractivity contribution in [1.82, 2.24) is 4.98 Å². The summed E-state index contributed by atoms with van der Waals surface area (Å²) in [6, 6.07) is 3.84. The Morgan fingerprint density at radius 1 is 1.33 bits per heavy atom. The summed E-state index contributed by atoms with van der Waals surface area (Å²) in [6.45, 7) is 0. The van der Waals surface area contributed by atoms with Crippen LogP contribution in [-0.2, 0) is 10.3 Å². The van der Waals surface area contributed by atoms with E-state index < -0.39 is 5.60 Å². The van der Waals surface area contributed by atoms with Crippen LogP contribution in [0.25, 0.3) is 0 Å². The van der Waals surface area contributed by atoms with Gasteiger partial charge in [-0.2, -0.15) is 0 Å². The van der Waals surface area contributed by atoms with E-state index >= 15 is 0 Å². The second-order valence-electron chi connectivity index (χ2n) is 4.64. The molecule has 2 saturated heterocycles. The van der Waals surface area contributed by atoms with Gasteiger partial charge in [0.15, 0.2) is 0 Å². The van der Waals surface area contributed by atoms with Crippen LogP contribution >= 0.6 is 0 Å². The first-order valence-corrected chi connectivity index (χ1v) is 5.55. The predicted octanol–water partition coefficient (Wildman–Crippen LogP) is 1.61. The van der Waals surface area contributed by atoms with E-state index in [1.54, 1.807) is 12.4 Å². The van der Waals surface area contributed by atoms with Crippen LogP contribution in [0.15, 0.2) is 24.5 Å². The fraction of sp³-hybridized carbons (Fsp3) is 0.583. The average Bonchev–Trinajstić information content (AvgIpc) is 2.60. The molecule has 1 N–H and O–H groups in total. The molecule has 0 spiro atoms. The minimum absolute atomic E-state index is 0.244. The zero-order valence-electron chi connectivity index (χ0n) is 8.60. The van der Waals surface area contributed by atoms with E-state index in [2.05, 4.69) is 4.98 Å². The lowest BCUT2D eigenvalue weighted by Gasteiger charge is -2.36. The Kier molecular flexibility index (Phi) is 2.04. The number of hydrogen-bond donors (Lipinski definition) is 1.